The third kappa shape index (κ3) is 4.90. The predicted molar refractivity (Wildman–Crippen MR) is 46.8 cm³/mol. The quantitative estimate of drug-likeness (QED) is 0.708. The molecule has 1 aromatic rings. The SMILES string of the molecule is FC(F)(F)Oc1c[c]ccc1Br.[NaH]. The molecule has 1 aromatic carbocycles. The Kier molecular flexibility index (Phi) is 5.36. The molecule has 0 bridgehead atoms. The number of rotatable bonds is 1. The van der Waals surface area contributed by atoms with Crippen LogP contribution in [0.15, 0.2) is 22.7 Å². The van der Waals surface area contributed by atoms with Crippen molar-refractivity contribution in [3.05, 3.63) is 28.7 Å². The fourth-order valence-corrected chi connectivity index (χ4v) is 0.927. The molecule has 1 radical (unpaired) electrons. The first-order chi connectivity index (χ1) is 5.49. The van der Waals surface area contributed by atoms with Gasteiger partial charge in [-0.1, -0.05) is 6.07 Å². The molecule has 1 nitrogen and oxygen atoms in total. The summed E-state index contributed by atoms with van der Waals surface area (Å²) in [5.74, 6) is -0.287. The molecule has 13 heavy (non-hydrogen) atoms. The van der Waals surface area contributed by atoms with Crippen LogP contribution in [0, 0.1) is 6.07 Å². The van der Waals surface area contributed by atoms with Crippen LogP contribution in [0.3, 0.4) is 0 Å². The fraction of sp³-hybridized carbons (Fsp3) is 0.143. The van der Waals surface area contributed by atoms with Crippen LogP contribution in [0.1, 0.15) is 0 Å². The van der Waals surface area contributed by atoms with Crippen molar-refractivity contribution in [3.8, 4) is 5.75 Å². The van der Waals surface area contributed by atoms with Gasteiger partial charge in [0.25, 0.3) is 0 Å². The summed E-state index contributed by atoms with van der Waals surface area (Å²) in [4.78, 5) is 0. The van der Waals surface area contributed by atoms with E-state index < -0.39 is 6.36 Å². The van der Waals surface area contributed by atoms with Crippen molar-refractivity contribution in [1.29, 1.82) is 0 Å². The predicted octanol–water partition coefficient (Wildman–Crippen LogP) is 2.50. The first-order valence-corrected chi connectivity index (χ1v) is 3.70. The van der Waals surface area contributed by atoms with Crippen LogP contribution in [-0.4, -0.2) is 35.9 Å². The third-order valence-corrected chi connectivity index (χ3v) is 1.66. The summed E-state index contributed by atoms with van der Waals surface area (Å²) in [7, 11) is 0. The molecule has 1 rings (SSSR count). The normalized spacial score (nSPS) is 10.5. The van der Waals surface area contributed by atoms with Gasteiger partial charge in [-0.05, 0) is 34.1 Å². The molecule has 0 aliphatic heterocycles. The number of halogens is 4. The van der Waals surface area contributed by atoms with Gasteiger partial charge in [-0.15, -0.1) is 13.2 Å². The minimum absolute atomic E-state index is 0. The Balaban J connectivity index is 0.00000144. The van der Waals surface area contributed by atoms with Gasteiger partial charge in [0.1, 0.15) is 5.75 Å². The van der Waals surface area contributed by atoms with Crippen molar-refractivity contribution < 1.29 is 17.9 Å². The maximum atomic E-state index is 11.7. The Morgan fingerprint density at radius 2 is 2.00 bits per heavy atom. The van der Waals surface area contributed by atoms with E-state index in [9.17, 15) is 13.2 Å². The monoisotopic (exact) mass is 263 g/mol. The van der Waals surface area contributed by atoms with Crippen LogP contribution in [0.5, 0.6) is 5.75 Å². The van der Waals surface area contributed by atoms with Crippen LogP contribution in [0.25, 0.3) is 0 Å². The Hall–Kier alpha value is 0.290. The van der Waals surface area contributed by atoms with E-state index in [1.165, 1.54) is 12.1 Å². The molecule has 6 heteroatoms. The zero-order valence-corrected chi connectivity index (χ0v) is 7.24. The fourth-order valence-electron chi connectivity index (χ4n) is 0.599. The van der Waals surface area contributed by atoms with E-state index in [1.54, 1.807) is 0 Å². The zero-order valence-electron chi connectivity index (χ0n) is 5.65. The van der Waals surface area contributed by atoms with Gasteiger partial charge in [-0.3, -0.25) is 0 Å². The van der Waals surface area contributed by atoms with Crippen LogP contribution in [0.4, 0.5) is 13.2 Å². The molecule has 0 atom stereocenters. The van der Waals surface area contributed by atoms with Gasteiger partial charge < -0.3 is 4.74 Å². The minimum atomic E-state index is -4.66. The molecule has 0 heterocycles. The van der Waals surface area contributed by atoms with Gasteiger partial charge in [-0.2, -0.15) is 0 Å². The van der Waals surface area contributed by atoms with Gasteiger partial charge >= 0.3 is 35.9 Å². The van der Waals surface area contributed by atoms with Crippen molar-refractivity contribution in [2.24, 2.45) is 0 Å². The molecule has 0 unspecified atom stereocenters. The standard InChI is InChI=1S/C7H3BrF3O.Na.H/c8-5-3-1-2-4-6(5)12-7(9,10)11;;/h1,3-4H;;. The second-order valence-corrected chi connectivity index (χ2v) is 2.76. The molecule has 0 aromatic heterocycles. The summed E-state index contributed by atoms with van der Waals surface area (Å²) in [6.07, 6.45) is -4.66. The summed E-state index contributed by atoms with van der Waals surface area (Å²) >= 11 is 2.90. The van der Waals surface area contributed by atoms with E-state index in [0.717, 1.165) is 6.07 Å². The molecule has 0 saturated heterocycles. The summed E-state index contributed by atoms with van der Waals surface area (Å²) in [5, 5.41) is 0. The summed E-state index contributed by atoms with van der Waals surface area (Å²) in [6.45, 7) is 0. The second kappa shape index (κ2) is 5.24. The van der Waals surface area contributed by atoms with Crippen LogP contribution < -0.4 is 4.74 Å². The summed E-state index contributed by atoms with van der Waals surface area (Å²) < 4.78 is 38.9. The molecule has 0 spiro atoms. The molecule has 67 valence electrons. The summed E-state index contributed by atoms with van der Waals surface area (Å²) in [5.41, 5.74) is 0. The zero-order chi connectivity index (χ0) is 9.19. The van der Waals surface area contributed by atoms with Crippen LogP contribution in [-0.2, 0) is 0 Å². The molecule has 0 saturated carbocycles. The number of hydrogen-bond donors (Lipinski definition) is 0. The van der Waals surface area contributed by atoms with E-state index in [1.807, 2.05) is 0 Å². The Morgan fingerprint density at radius 1 is 1.38 bits per heavy atom. The average molecular weight is 264 g/mol. The van der Waals surface area contributed by atoms with Gasteiger partial charge in [0.15, 0.2) is 0 Å². The van der Waals surface area contributed by atoms with Crippen molar-refractivity contribution in [2.75, 3.05) is 0 Å². The third-order valence-electron chi connectivity index (χ3n) is 1.00. The number of alkyl halides is 3. The molecule has 0 N–H and O–H groups in total. The van der Waals surface area contributed by atoms with Gasteiger partial charge in [0.2, 0.25) is 0 Å². The molecule has 0 aliphatic rings. The van der Waals surface area contributed by atoms with E-state index in [2.05, 4.69) is 26.7 Å². The molecule has 0 fully saturated rings. The van der Waals surface area contributed by atoms with Crippen molar-refractivity contribution >= 4 is 45.5 Å². The van der Waals surface area contributed by atoms with Gasteiger partial charge in [0, 0.05) is 0 Å². The maximum absolute atomic E-state index is 11.7. The van der Waals surface area contributed by atoms with E-state index in [4.69, 9.17) is 0 Å². The number of ether oxygens (including phenoxy) is 1. The molecular weight excluding hydrogens is 260 g/mol. The van der Waals surface area contributed by atoms with Crippen molar-refractivity contribution in [2.45, 2.75) is 6.36 Å². The van der Waals surface area contributed by atoms with E-state index in [-0.39, 0.29) is 39.8 Å². The molecular formula is C7H4BrF3NaO. The topological polar surface area (TPSA) is 9.23 Å². The number of benzene rings is 1. The number of hydrogen-bond acceptors (Lipinski definition) is 1. The first kappa shape index (κ1) is 13.3. The van der Waals surface area contributed by atoms with Gasteiger partial charge in [-0.25, -0.2) is 0 Å². The van der Waals surface area contributed by atoms with Crippen molar-refractivity contribution in [1.82, 2.24) is 0 Å². The second-order valence-electron chi connectivity index (χ2n) is 1.90. The summed E-state index contributed by atoms with van der Waals surface area (Å²) in [6, 6.07) is 6.48. The Bertz CT molecular complexity index is 277. The molecule has 0 amide bonds. The van der Waals surface area contributed by atoms with Crippen LogP contribution >= 0.6 is 15.9 Å². The van der Waals surface area contributed by atoms with E-state index in [0.29, 0.717) is 0 Å². The van der Waals surface area contributed by atoms with E-state index >= 15 is 0 Å². The first-order valence-electron chi connectivity index (χ1n) is 2.90. The van der Waals surface area contributed by atoms with Gasteiger partial charge in [0.05, 0.1) is 4.47 Å². The average Bonchev–Trinajstić information content (AvgIpc) is 1.91. The van der Waals surface area contributed by atoms with Crippen molar-refractivity contribution in [3.63, 3.8) is 0 Å². The molecule has 0 aliphatic carbocycles. The van der Waals surface area contributed by atoms with Crippen LogP contribution in [0.2, 0.25) is 0 Å². The Morgan fingerprint density at radius 3 is 2.46 bits per heavy atom. The Labute approximate surface area is 104 Å².